The van der Waals surface area contributed by atoms with E-state index in [1.165, 1.54) is 12.1 Å². The third-order valence-corrected chi connectivity index (χ3v) is 3.35. The molecular weight excluding hydrogens is 233 g/mol. The minimum Gasteiger partial charge on any atom is -0.435 e. The van der Waals surface area contributed by atoms with Gasteiger partial charge in [-0.1, -0.05) is 12.5 Å². The van der Waals surface area contributed by atoms with Crippen molar-refractivity contribution in [3.8, 4) is 5.75 Å². The van der Waals surface area contributed by atoms with Crippen molar-refractivity contribution in [3.05, 3.63) is 29.6 Å². The van der Waals surface area contributed by atoms with Gasteiger partial charge in [-0.2, -0.15) is 8.78 Å². The monoisotopic (exact) mass is 246 g/mol. The Morgan fingerprint density at radius 3 is 2.47 bits per heavy atom. The normalized spacial score (nSPS) is 17.9. The molecule has 1 aromatic carbocycles. The molecule has 94 valence electrons. The molecule has 0 heterocycles. The maximum atomic E-state index is 13.8. The van der Waals surface area contributed by atoms with Crippen molar-refractivity contribution >= 4 is 0 Å². The molecular formula is C12H13F3O2. The summed E-state index contributed by atoms with van der Waals surface area (Å²) in [5.41, 5.74) is -0.152. The molecule has 0 radical (unpaired) electrons. The smallest absolute Gasteiger partial charge is 0.387 e. The highest BCUT2D eigenvalue weighted by Gasteiger charge is 2.40. The highest BCUT2D eigenvalue weighted by atomic mass is 19.3. The van der Waals surface area contributed by atoms with Gasteiger partial charge in [0, 0.05) is 11.5 Å². The van der Waals surface area contributed by atoms with Crippen molar-refractivity contribution in [1.82, 2.24) is 0 Å². The third kappa shape index (κ3) is 2.24. The van der Waals surface area contributed by atoms with E-state index >= 15 is 0 Å². The average molecular weight is 246 g/mol. The fourth-order valence-corrected chi connectivity index (χ4v) is 2.22. The Bertz CT molecular complexity index is 397. The minimum absolute atomic E-state index is 0.126. The number of rotatable bonds is 4. The van der Waals surface area contributed by atoms with E-state index in [2.05, 4.69) is 4.74 Å². The molecule has 1 aliphatic carbocycles. The topological polar surface area (TPSA) is 29.5 Å². The molecule has 0 amide bonds. The second kappa shape index (κ2) is 4.56. The molecule has 0 spiro atoms. The van der Waals surface area contributed by atoms with Crippen LogP contribution >= 0.6 is 0 Å². The van der Waals surface area contributed by atoms with Crippen LogP contribution in [0.3, 0.4) is 0 Å². The van der Waals surface area contributed by atoms with Crippen molar-refractivity contribution in [2.24, 2.45) is 0 Å². The van der Waals surface area contributed by atoms with Crippen LogP contribution in [0.2, 0.25) is 0 Å². The number of aliphatic hydroxyl groups excluding tert-OH is 1. The molecule has 5 heteroatoms. The Kier molecular flexibility index (Phi) is 3.28. The van der Waals surface area contributed by atoms with Crippen LogP contribution in [0.15, 0.2) is 18.2 Å². The quantitative estimate of drug-likeness (QED) is 0.885. The molecule has 0 unspecified atom stereocenters. The number of ether oxygens (including phenoxy) is 1. The maximum absolute atomic E-state index is 13.8. The van der Waals surface area contributed by atoms with Crippen molar-refractivity contribution in [2.75, 3.05) is 6.61 Å². The summed E-state index contributed by atoms with van der Waals surface area (Å²) in [5, 5.41) is 9.31. The zero-order valence-corrected chi connectivity index (χ0v) is 9.13. The molecule has 1 aromatic rings. The van der Waals surface area contributed by atoms with E-state index in [-0.39, 0.29) is 12.4 Å². The first-order chi connectivity index (χ1) is 8.07. The van der Waals surface area contributed by atoms with E-state index in [1.807, 2.05) is 0 Å². The molecule has 0 atom stereocenters. The molecule has 1 N–H and O–H groups in total. The SMILES string of the molecule is OCC1(c2ccc(OC(F)F)cc2F)CCC1. The predicted octanol–water partition coefficient (Wildman–Crippen LogP) is 2.84. The summed E-state index contributed by atoms with van der Waals surface area (Å²) in [5.74, 6) is -0.800. The number of aliphatic hydroxyl groups is 1. The number of hydrogen-bond acceptors (Lipinski definition) is 2. The summed E-state index contributed by atoms with van der Waals surface area (Å²) in [7, 11) is 0. The first kappa shape index (κ1) is 12.2. The highest BCUT2D eigenvalue weighted by Crippen LogP contribution is 2.44. The van der Waals surface area contributed by atoms with Crippen molar-refractivity contribution in [1.29, 1.82) is 0 Å². The summed E-state index contributed by atoms with van der Waals surface area (Å²) in [6.45, 7) is -3.09. The second-order valence-electron chi connectivity index (χ2n) is 4.31. The van der Waals surface area contributed by atoms with Gasteiger partial charge in [-0.05, 0) is 24.5 Å². The standard InChI is InChI=1S/C12H13F3O2/c13-10-6-8(17-11(14)15)2-3-9(10)12(7-16)4-1-5-12/h2-3,6,11,16H,1,4-5,7H2. The molecule has 2 rings (SSSR count). The average Bonchev–Trinajstić information content (AvgIpc) is 2.19. The number of halogens is 3. The second-order valence-corrected chi connectivity index (χ2v) is 4.31. The number of alkyl halides is 2. The van der Waals surface area contributed by atoms with E-state index in [9.17, 15) is 18.3 Å². The first-order valence-corrected chi connectivity index (χ1v) is 5.43. The Hall–Kier alpha value is -1.23. The van der Waals surface area contributed by atoms with Gasteiger partial charge in [0.1, 0.15) is 11.6 Å². The molecule has 1 fully saturated rings. The van der Waals surface area contributed by atoms with E-state index in [0.29, 0.717) is 5.56 Å². The van der Waals surface area contributed by atoms with Gasteiger partial charge in [-0.15, -0.1) is 0 Å². The van der Waals surface area contributed by atoms with Crippen LogP contribution in [0.1, 0.15) is 24.8 Å². The first-order valence-electron chi connectivity index (χ1n) is 5.43. The van der Waals surface area contributed by atoms with Crippen LogP contribution in [0, 0.1) is 5.82 Å². The van der Waals surface area contributed by atoms with Crippen molar-refractivity contribution in [2.45, 2.75) is 31.3 Å². The van der Waals surface area contributed by atoms with E-state index in [1.54, 1.807) is 0 Å². The fourth-order valence-electron chi connectivity index (χ4n) is 2.22. The number of hydrogen-bond donors (Lipinski definition) is 1. The van der Waals surface area contributed by atoms with Gasteiger partial charge in [0.2, 0.25) is 0 Å². The Morgan fingerprint density at radius 2 is 2.06 bits per heavy atom. The van der Waals surface area contributed by atoms with Crippen molar-refractivity contribution < 1.29 is 23.0 Å². The lowest BCUT2D eigenvalue weighted by molar-refractivity contribution is -0.0500. The van der Waals surface area contributed by atoms with Crippen LogP contribution in [0.4, 0.5) is 13.2 Å². The van der Waals surface area contributed by atoms with Crippen LogP contribution in [0.25, 0.3) is 0 Å². The van der Waals surface area contributed by atoms with Gasteiger partial charge in [-0.25, -0.2) is 4.39 Å². The van der Waals surface area contributed by atoms with E-state index in [0.717, 1.165) is 25.3 Å². The maximum Gasteiger partial charge on any atom is 0.387 e. The van der Waals surface area contributed by atoms with Gasteiger partial charge in [-0.3, -0.25) is 0 Å². The Balaban J connectivity index is 2.25. The molecule has 17 heavy (non-hydrogen) atoms. The Labute approximate surface area is 97.0 Å². The van der Waals surface area contributed by atoms with Gasteiger partial charge < -0.3 is 9.84 Å². The third-order valence-electron chi connectivity index (χ3n) is 3.35. The Morgan fingerprint density at radius 1 is 1.35 bits per heavy atom. The molecule has 0 bridgehead atoms. The lowest BCUT2D eigenvalue weighted by atomic mass is 9.65. The largest absolute Gasteiger partial charge is 0.435 e. The summed E-state index contributed by atoms with van der Waals surface area (Å²) in [4.78, 5) is 0. The summed E-state index contributed by atoms with van der Waals surface area (Å²) < 4.78 is 41.8. The summed E-state index contributed by atoms with van der Waals surface area (Å²) >= 11 is 0. The molecule has 0 saturated heterocycles. The minimum atomic E-state index is -2.96. The lowest BCUT2D eigenvalue weighted by Crippen LogP contribution is -2.38. The van der Waals surface area contributed by atoms with Crippen LogP contribution in [-0.2, 0) is 5.41 Å². The molecule has 0 aromatic heterocycles. The zero-order valence-electron chi connectivity index (χ0n) is 9.13. The van der Waals surface area contributed by atoms with Gasteiger partial charge in [0.25, 0.3) is 0 Å². The molecule has 2 nitrogen and oxygen atoms in total. The van der Waals surface area contributed by atoms with E-state index in [4.69, 9.17) is 0 Å². The zero-order chi connectivity index (χ0) is 12.5. The lowest BCUT2D eigenvalue weighted by Gasteiger charge is -2.41. The molecule has 1 aliphatic rings. The van der Waals surface area contributed by atoms with Crippen LogP contribution in [-0.4, -0.2) is 18.3 Å². The van der Waals surface area contributed by atoms with Gasteiger partial charge in [0.15, 0.2) is 0 Å². The van der Waals surface area contributed by atoms with Crippen LogP contribution < -0.4 is 4.74 Å². The van der Waals surface area contributed by atoms with Gasteiger partial charge in [0.05, 0.1) is 6.61 Å². The fraction of sp³-hybridized carbons (Fsp3) is 0.500. The van der Waals surface area contributed by atoms with E-state index < -0.39 is 17.8 Å². The predicted molar refractivity (Wildman–Crippen MR) is 55.6 cm³/mol. The summed E-state index contributed by atoms with van der Waals surface area (Å²) in [6.07, 6.45) is 2.38. The molecule has 1 saturated carbocycles. The molecule has 0 aliphatic heterocycles. The summed E-state index contributed by atoms with van der Waals surface area (Å²) in [6, 6.07) is 3.67. The van der Waals surface area contributed by atoms with Gasteiger partial charge >= 0.3 is 6.61 Å². The highest BCUT2D eigenvalue weighted by molar-refractivity contribution is 5.35. The number of benzene rings is 1. The van der Waals surface area contributed by atoms with Crippen LogP contribution in [0.5, 0.6) is 5.75 Å². The van der Waals surface area contributed by atoms with Crippen molar-refractivity contribution in [3.63, 3.8) is 0 Å².